The van der Waals surface area contributed by atoms with Gasteiger partial charge in [-0.2, -0.15) is 17.7 Å². The van der Waals surface area contributed by atoms with E-state index in [0.29, 0.717) is 11.5 Å². The largest absolute Gasteiger partial charge is 1.00 e. The van der Waals surface area contributed by atoms with Crippen molar-refractivity contribution in [3.8, 4) is 0 Å². The van der Waals surface area contributed by atoms with Crippen LogP contribution in [0.25, 0.3) is 10.9 Å². The van der Waals surface area contributed by atoms with Crippen LogP contribution in [-0.4, -0.2) is 9.97 Å². The molecule has 1 aromatic heterocycles. The van der Waals surface area contributed by atoms with Crippen LogP contribution in [0.2, 0.25) is 5.02 Å². The minimum Gasteiger partial charge on any atom is -0.350 e. The van der Waals surface area contributed by atoms with E-state index in [4.69, 9.17) is 11.6 Å². The van der Waals surface area contributed by atoms with E-state index in [-0.39, 0.29) is 24.5 Å². The van der Waals surface area contributed by atoms with E-state index in [1.807, 2.05) is 19.1 Å². The summed E-state index contributed by atoms with van der Waals surface area (Å²) in [5, 5.41) is 4.02. The summed E-state index contributed by atoms with van der Waals surface area (Å²) in [7, 11) is 0. The first kappa shape index (κ1) is 15.8. The molecule has 2 aromatic carbocycles. The van der Waals surface area contributed by atoms with Gasteiger partial charge in [0.1, 0.15) is 12.1 Å². The first-order valence-electron chi connectivity index (χ1n) is 5.98. The van der Waals surface area contributed by atoms with E-state index in [9.17, 15) is 4.39 Å². The molecule has 0 aliphatic heterocycles. The standard InChI is InChI=1S/C15H10ClFN3.Ru/c1-9-2-4-11-14(6-9)18-8-19-15(11)20-10-3-5-13(17)12(16)7-10;/h3-8H,1H3,(H,18,19,20);/q-1;+1. The minimum absolute atomic E-state index is 0. The number of aromatic nitrogens is 2. The van der Waals surface area contributed by atoms with Crippen LogP contribution in [0.4, 0.5) is 15.9 Å². The Balaban J connectivity index is 0.00000161. The minimum atomic E-state index is -0.450. The molecule has 6 heteroatoms. The van der Waals surface area contributed by atoms with Crippen molar-refractivity contribution in [2.45, 2.75) is 6.92 Å². The molecule has 0 aliphatic carbocycles. The van der Waals surface area contributed by atoms with Crippen LogP contribution in [0.15, 0.2) is 36.7 Å². The Morgan fingerprint density at radius 2 is 2.05 bits per heavy atom. The van der Waals surface area contributed by atoms with Crippen LogP contribution in [0, 0.1) is 18.8 Å². The molecule has 0 bridgehead atoms. The quantitative estimate of drug-likeness (QED) is 0.527. The van der Waals surface area contributed by atoms with Crippen LogP contribution in [0.5, 0.6) is 0 Å². The molecular weight excluding hydrogens is 378 g/mol. The van der Waals surface area contributed by atoms with Crippen LogP contribution in [0.1, 0.15) is 5.56 Å². The Bertz CT molecular complexity index is 795. The SMILES string of the molecule is Cc1[c-]cc2c(Nc3ccc(F)c(Cl)c3)ncnc2c1.[Ru+]. The molecule has 3 nitrogen and oxygen atoms in total. The first-order chi connectivity index (χ1) is 9.63. The summed E-state index contributed by atoms with van der Waals surface area (Å²) >= 11 is 5.77. The molecule has 0 atom stereocenters. The predicted octanol–water partition coefficient (Wildman–Crippen LogP) is 4.27. The van der Waals surface area contributed by atoms with E-state index in [1.165, 1.54) is 18.5 Å². The van der Waals surface area contributed by atoms with Crippen molar-refractivity contribution in [3.63, 3.8) is 0 Å². The van der Waals surface area contributed by atoms with E-state index >= 15 is 0 Å². The number of hydrogen-bond acceptors (Lipinski definition) is 3. The summed E-state index contributed by atoms with van der Waals surface area (Å²) in [5.74, 6) is 0.183. The predicted molar refractivity (Wildman–Crippen MR) is 77.8 cm³/mol. The Hall–Kier alpha value is -1.58. The fourth-order valence-corrected chi connectivity index (χ4v) is 2.09. The maximum atomic E-state index is 13.1. The van der Waals surface area contributed by atoms with Crippen LogP contribution in [0.3, 0.4) is 0 Å². The van der Waals surface area contributed by atoms with E-state index in [2.05, 4.69) is 21.4 Å². The molecule has 107 valence electrons. The summed E-state index contributed by atoms with van der Waals surface area (Å²) < 4.78 is 13.1. The van der Waals surface area contributed by atoms with E-state index in [0.717, 1.165) is 16.5 Å². The van der Waals surface area contributed by atoms with Crippen molar-refractivity contribution in [2.75, 3.05) is 5.32 Å². The number of halogens is 2. The van der Waals surface area contributed by atoms with E-state index < -0.39 is 5.82 Å². The van der Waals surface area contributed by atoms with E-state index in [1.54, 1.807) is 6.07 Å². The number of nitrogens with one attached hydrogen (secondary N) is 1. The molecule has 1 heterocycles. The smallest absolute Gasteiger partial charge is 0.350 e. The van der Waals surface area contributed by atoms with Gasteiger partial charge in [0.2, 0.25) is 0 Å². The molecule has 0 unspecified atom stereocenters. The van der Waals surface area contributed by atoms with Gasteiger partial charge >= 0.3 is 19.5 Å². The number of aryl methyl sites for hydroxylation is 1. The molecule has 0 spiro atoms. The number of benzene rings is 2. The third-order valence-electron chi connectivity index (χ3n) is 2.89. The first-order valence-corrected chi connectivity index (χ1v) is 6.36. The van der Waals surface area contributed by atoms with Gasteiger partial charge in [-0.3, -0.25) is 4.98 Å². The topological polar surface area (TPSA) is 37.8 Å². The van der Waals surface area contributed by atoms with Crippen LogP contribution in [-0.2, 0) is 19.5 Å². The van der Waals surface area contributed by atoms with Gasteiger partial charge in [-0.25, -0.2) is 9.37 Å². The molecule has 0 fully saturated rings. The molecule has 0 saturated heterocycles. The summed E-state index contributed by atoms with van der Waals surface area (Å²) in [6.45, 7) is 1.95. The summed E-state index contributed by atoms with van der Waals surface area (Å²) in [6, 6.07) is 11.3. The fourth-order valence-electron chi connectivity index (χ4n) is 1.91. The molecule has 3 aromatic rings. The molecule has 0 saturated carbocycles. The molecular formula is C15H10ClFN3Ru. The number of hydrogen-bond donors (Lipinski definition) is 1. The van der Waals surface area contributed by atoms with Crippen LogP contribution < -0.4 is 5.32 Å². The normalized spacial score (nSPS) is 10.2. The average Bonchev–Trinajstić information content (AvgIpc) is 2.43. The fraction of sp³-hybridized carbons (Fsp3) is 0.0667. The third kappa shape index (κ3) is 3.37. The van der Waals surface area contributed by atoms with Gasteiger partial charge < -0.3 is 5.32 Å². The summed E-state index contributed by atoms with van der Waals surface area (Å²) in [4.78, 5) is 8.42. The van der Waals surface area contributed by atoms with Gasteiger partial charge in [0, 0.05) is 5.69 Å². The van der Waals surface area contributed by atoms with Gasteiger partial charge in [-0.1, -0.05) is 23.9 Å². The Morgan fingerprint density at radius 3 is 2.81 bits per heavy atom. The Labute approximate surface area is 139 Å². The van der Waals surface area contributed by atoms with Gasteiger partial charge in [-0.15, -0.1) is 6.07 Å². The zero-order chi connectivity index (χ0) is 14.1. The van der Waals surface area contributed by atoms with Gasteiger partial charge in [-0.05, 0) is 23.7 Å². The van der Waals surface area contributed by atoms with Crippen molar-refractivity contribution in [1.82, 2.24) is 9.97 Å². The number of anilines is 2. The van der Waals surface area contributed by atoms with Crippen LogP contribution >= 0.6 is 11.6 Å². The second-order valence-corrected chi connectivity index (χ2v) is 4.80. The average molecular weight is 388 g/mol. The monoisotopic (exact) mass is 388 g/mol. The molecule has 1 radical (unpaired) electrons. The summed E-state index contributed by atoms with van der Waals surface area (Å²) in [6.07, 6.45) is 1.48. The van der Waals surface area contributed by atoms with Crippen molar-refractivity contribution in [2.24, 2.45) is 0 Å². The molecule has 0 aliphatic rings. The third-order valence-corrected chi connectivity index (χ3v) is 3.18. The summed E-state index contributed by atoms with van der Waals surface area (Å²) in [5.41, 5.74) is 2.50. The van der Waals surface area contributed by atoms with Crippen molar-refractivity contribution in [3.05, 3.63) is 59.1 Å². The number of fused-ring (bicyclic) bond motifs is 1. The van der Waals surface area contributed by atoms with Gasteiger partial charge in [0.15, 0.2) is 0 Å². The van der Waals surface area contributed by atoms with Gasteiger partial charge in [0.25, 0.3) is 0 Å². The van der Waals surface area contributed by atoms with Crippen molar-refractivity contribution in [1.29, 1.82) is 0 Å². The maximum Gasteiger partial charge on any atom is 1.00 e. The second kappa shape index (κ2) is 6.46. The molecule has 0 amide bonds. The molecule has 21 heavy (non-hydrogen) atoms. The van der Waals surface area contributed by atoms with Crippen molar-refractivity contribution < 1.29 is 23.9 Å². The molecule has 1 N–H and O–H groups in total. The van der Waals surface area contributed by atoms with Crippen molar-refractivity contribution >= 4 is 34.0 Å². The Morgan fingerprint density at radius 1 is 1.24 bits per heavy atom. The molecule has 3 rings (SSSR count). The maximum absolute atomic E-state index is 13.1. The zero-order valence-electron chi connectivity index (χ0n) is 11.0. The zero-order valence-corrected chi connectivity index (χ0v) is 13.5. The second-order valence-electron chi connectivity index (χ2n) is 4.39. The Kier molecular flexibility index (Phi) is 4.86. The number of rotatable bonds is 2. The van der Waals surface area contributed by atoms with Gasteiger partial charge in [0.05, 0.1) is 10.8 Å². The number of nitrogens with zero attached hydrogens (tertiary/aromatic N) is 2.